The molecule has 0 aliphatic rings. The minimum Gasteiger partial charge on any atom is -0.542 e. The van der Waals surface area contributed by atoms with Crippen molar-refractivity contribution in [3.05, 3.63) is 0 Å². The van der Waals surface area contributed by atoms with Crippen molar-refractivity contribution in [2.24, 2.45) is 0 Å². The van der Waals surface area contributed by atoms with Crippen molar-refractivity contribution < 1.29 is 14.7 Å². The zero-order valence-electron chi connectivity index (χ0n) is 3.79. The largest absolute Gasteiger partial charge is 0.542 e. The first-order valence-corrected chi connectivity index (χ1v) is 3.81. The van der Waals surface area contributed by atoms with Crippen LogP contribution in [0.1, 0.15) is 0 Å². The van der Waals surface area contributed by atoms with Crippen molar-refractivity contribution in [1.29, 1.82) is 0 Å². The molecule has 0 N–H and O–H groups in total. The Bertz CT molecular complexity index is 132. The number of hydrogen-bond donors (Lipinski definition) is 0. The van der Waals surface area contributed by atoms with E-state index in [-0.39, 0.29) is 6.16 Å². The molecule has 0 aromatic rings. The zero-order chi connectivity index (χ0) is 6.57. The second-order valence-corrected chi connectivity index (χ2v) is 2.35. The number of carboxylic acids is 1. The van der Waals surface area contributed by atoms with Gasteiger partial charge in [0.2, 0.25) is 0 Å². The summed E-state index contributed by atoms with van der Waals surface area (Å²) in [5.41, 5.74) is 0. The molecule has 0 amide bonds. The van der Waals surface area contributed by atoms with Crippen LogP contribution in [0.2, 0.25) is 0 Å². The molecular formula is C3H2O3PS-. The van der Waals surface area contributed by atoms with Gasteiger partial charge in [-0.1, -0.05) is 11.8 Å². The molecule has 0 spiro atoms. The SMILES string of the molecule is O=C([O-])C(=O)CP=S. The van der Waals surface area contributed by atoms with Crippen molar-refractivity contribution in [3.63, 3.8) is 0 Å². The first-order valence-electron chi connectivity index (χ1n) is 1.71. The molecule has 0 aliphatic heterocycles. The Balaban J connectivity index is 3.65. The van der Waals surface area contributed by atoms with Gasteiger partial charge in [-0.15, -0.1) is 0 Å². The summed E-state index contributed by atoms with van der Waals surface area (Å²) in [4.78, 5) is 19.6. The van der Waals surface area contributed by atoms with Gasteiger partial charge in [-0.2, -0.15) is 0 Å². The lowest BCUT2D eigenvalue weighted by atomic mass is 10.5. The third kappa shape index (κ3) is 2.77. The van der Waals surface area contributed by atoms with Crippen LogP contribution in [0.25, 0.3) is 0 Å². The highest BCUT2D eigenvalue weighted by atomic mass is 32.4. The molecule has 0 aromatic heterocycles. The van der Waals surface area contributed by atoms with Crippen LogP contribution in [0.4, 0.5) is 0 Å². The van der Waals surface area contributed by atoms with E-state index in [0.717, 1.165) is 0 Å². The molecule has 0 aliphatic carbocycles. The van der Waals surface area contributed by atoms with Crippen LogP contribution in [-0.2, 0) is 21.4 Å². The normalized spacial score (nSPS) is 9.00. The minimum absolute atomic E-state index is 0.127. The van der Waals surface area contributed by atoms with E-state index in [4.69, 9.17) is 0 Å². The molecule has 0 bridgehead atoms. The van der Waals surface area contributed by atoms with Gasteiger partial charge >= 0.3 is 0 Å². The van der Waals surface area contributed by atoms with Crippen LogP contribution in [0.3, 0.4) is 0 Å². The van der Waals surface area contributed by atoms with E-state index in [1.165, 1.54) is 0 Å². The Hall–Kier alpha value is -0.340. The summed E-state index contributed by atoms with van der Waals surface area (Å²) in [6, 6.07) is 0. The average molecular weight is 149 g/mol. The fraction of sp³-hybridized carbons (Fsp3) is 0.333. The zero-order valence-corrected chi connectivity index (χ0v) is 5.50. The lowest BCUT2D eigenvalue weighted by Crippen LogP contribution is -2.32. The Morgan fingerprint density at radius 2 is 2.12 bits per heavy atom. The number of ketones is 1. The number of aliphatic carboxylic acids is 1. The van der Waals surface area contributed by atoms with Crippen LogP contribution in [0.5, 0.6) is 0 Å². The van der Waals surface area contributed by atoms with Crippen LogP contribution in [0.15, 0.2) is 0 Å². The van der Waals surface area contributed by atoms with Gasteiger partial charge in [-0.3, -0.25) is 4.79 Å². The third-order valence-corrected chi connectivity index (χ3v) is 1.24. The lowest BCUT2D eigenvalue weighted by molar-refractivity contribution is -0.299. The van der Waals surface area contributed by atoms with Crippen molar-refractivity contribution in [2.75, 3.05) is 6.16 Å². The summed E-state index contributed by atoms with van der Waals surface area (Å²) in [7, 11) is 0.347. The Morgan fingerprint density at radius 1 is 1.62 bits per heavy atom. The highest BCUT2D eigenvalue weighted by molar-refractivity contribution is 7.96. The van der Waals surface area contributed by atoms with Crippen LogP contribution < -0.4 is 5.11 Å². The molecule has 44 valence electrons. The molecule has 0 saturated heterocycles. The Labute approximate surface area is 52.5 Å². The number of carboxylic acid groups (broad SMARTS) is 1. The number of carbonyl (C=O) groups excluding carboxylic acids is 2. The van der Waals surface area contributed by atoms with Crippen molar-refractivity contribution in [2.45, 2.75) is 0 Å². The molecule has 0 unspecified atom stereocenters. The summed E-state index contributed by atoms with van der Waals surface area (Å²) in [6.45, 7) is 0. The van der Waals surface area contributed by atoms with Gasteiger partial charge in [-0.05, 0) is 7.36 Å². The summed E-state index contributed by atoms with van der Waals surface area (Å²) in [5, 5.41) is 9.58. The van der Waals surface area contributed by atoms with Crippen LogP contribution >= 0.6 is 7.36 Å². The van der Waals surface area contributed by atoms with Crippen molar-refractivity contribution >= 4 is 30.9 Å². The number of hydrogen-bond acceptors (Lipinski definition) is 4. The molecule has 5 heteroatoms. The number of Topliss-reactive ketones (excluding diaryl/α,β-unsaturated/α-hetero) is 1. The summed E-state index contributed by atoms with van der Waals surface area (Å²) in [6.07, 6.45) is -0.127. The highest BCUT2D eigenvalue weighted by Crippen LogP contribution is 1.89. The van der Waals surface area contributed by atoms with E-state index >= 15 is 0 Å². The lowest BCUT2D eigenvalue weighted by Gasteiger charge is -1.92. The van der Waals surface area contributed by atoms with Gasteiger partial charge in [0, 0.05) is 0 Å². The first kappa shape index (κ1) is 7.66. The second-order valence-electron chi connectivity index (χ2n) is 0.998. The van der Waals surface area contributed by atoms with Gasteiger partial charge < -0.3 is 9.90 Å². The summed E-state index contributed by atoms with van der Waals surface area (Å²) < 4.78 is 0. The van der Waals surface area contributed by atoms with E-state index in [1.54, 1.807) is 0 Å². The number of carbonyl (C=O) groups is 2. The van der Waals surface area contributed by atoms with Gasteiger partial charge in [0.1, 0.15) is 5.97 Å². The molecule has 0 radical (unpaired) electrons. The van der Waals surface area contributed by atoms with Crippen molar-refractivity contribution in [1.82, 2.24) is 0 Å². The topological polar surface area (TPSA) is 57.2 Å². The van der Waals surface area contributed by atoms with E-state index < -0.39 is 11.8 Å². The summed E-state index contributed by atoms with van der Waals surface area (Å²) in [5.74, 6) is -2.58. The summed E-state index contributed by atoms with van der Waals surface area (Å²) >= 11 is 4.31. The maximum atomic E-state index is 10.0. The minimum atomic E-state index is -1.65. The number of rotatable bonds is 3. The second kappa shape index (κ2) is 3.64. The molecule has 0 atom stereocenters. The Morgan fingerprint density at radius 3 is 2.25 bits per heavy atom. The quantitative estimate of drug-likeness (QED) is 0.370. The van der Waals surface area contributed by atoms with Crippen LogP contribution in [0, 0.1) is 0 Å². The maximum Gasteiger partial charge on any atom is 0.187 e. The monoisotopic (exact) mass is 149 g/mol. The molecule has 0 aromatic carbocycles. The van der Waals surface area contributed by atoms with E-state index in [1.807, 2.05) is 0 Å². The average Bonchev–Trinajstić information content (AvgIpc) is 1.67. The van der Waals surface area contributed by atoms with Crippen LogP contribution in [-0.4, -0.2) is 17.9 Å². The van der Waals surface area contributed by atoms with Gasteiger partial charge in [-0.25, -0.2) is 0 Å². The molecular weight excluding hydrogens is 147 g/mol. The fourth-order valence-corrected chi connectivity index (χ4v) is 0.721. The maximum absolute atomic E-state index is 10.0. The molecule has 3 nitrogen and oxygen atoms in total. The standard InChI is InChI=1S/C3H3O3PS/c4-2(1-7-8)3(5)6/h1H2,(H,5,6)/p-1. The van der Waals surface area contributed by atoms with Gasteiger partial charge in [0.15, 0.2) is 5.78 Å². The van der Waals surface area contributed by atoms with Gasteiger partial charge in [0.05, 0.1) is 6.16 Å². The van der Waals surface area contributed by atoms with Gasteiger partial charge in [0.25, 0.3) is 0 Å². The highest BCUT2D eigenvalue weighted by Gasteiger charge is 1.97. The van der Waals surface area contributed by atoms with E-state index in [0.29, 0.717) is 7.36 Å². The molecule has 0 fully saturated rings. The van der Waals surface area contributed by atoms with E-state index in [9.17, 15) is 14.7 Å². The molecule has 8 heavy (non-hydrogen) atoms. The molecule has 0 saturated carbocycles. The fourth-order valence-electron chi connectivity index (χ4n) is 0.123. The predicted molar refractivity (Wildman–Crippen MR) is 29.2 cm³/mol. The predicted octanol–water partition coefficient (Wildman–Crippen LogP) is -1.29. The molecule has 0 rings (SSSR count). The molecule has 0 heterocycles. The Kier molecular flexibility index (Phi) is 3.48. The van der Waals surface area contributed by atoms with E-state index in [2.05, 4.69) is 11.8 Å². The first-order chi connectivity index (χ1) is 3.68. The third-order valence-electron chi connectivity index (χ3n) is 0.436. The van der Waals surface area contributed by atoms with Crippen molar-refractivity contribution in [3.8, 4) is 0 Å². The smallest absolute Gasteiger partial charge is 0.187 e.